The molecule has 3 aromatic rings. The van der Waals surface area contributed by atoms with Crippen LogP contribution in [0.5, 0.6) is 5.75 Å². The Morgan fingerprint density at radius 3 is 2.12 bits per heavy atom. The number of alkyl halides is 2. The van der Waals surface area contributed by atoms with Gasteiger partial charge >= 0.3 is 6.11 Å². The summed E-state index contributed by atoms with van der Waals surface area (Å²) in [5.74, 6) is -5.00. The third-order valence-corrected chi connectivity index (χ3v) is 6.43. The standard InChI is InChI=1S/C28H25F5O/c1-3-18-4-6-19(7-5-18)21-10-13-24(17(2)14-21)20-8-11-22(12-9-20)28(32,33)34-23-15-25(29)27(31)26(30)16-23/h6,8-16,18H,3-5,7H2,1-2H3. The average Bonchev–Trinajstić information content (AvgIpc) is 2.82. The molecule has 0 N–H and O–H groups in total. The fourth-order valence-corrected chi connectivity index (χ4v) is 4.35. The molecule has 3 aromatic carbocycles. The molecular formula is C28H25F5O. The highest BCUT2D eigenvalue weighted by Crippen LogP contribution is 2.36. The topological polar surface area (TPSA) is 9.23 Å². The molecule has 0 bridgehead atoms. The highest BCUT2D eigenvalue weighted by atomic mass is 19.3. The van der Waals surface area contributed by atoms with Gasteiger partial charge in [0.05, 0.1) is 5.56 Å². The minimum Gasteiger partial charge on any atom is -0.429 e. The molecule has 0 saturated heterocycles. The zero-order valence-corrected chi connectivity index (χ0v) is 19.0. The normalized spacial score (nSPS) is 16.3. The lowest BCUT2D eigenvalue weighted by Gasteiger charge is -2.21. The molecule has 1 aliphatic carbocycles. The Balaban J connectivity index is 1.52. The minimum atomic E-state index is -3.86. The molecule has 0 amide bonds. The van der Waals surface area contributed by atoms with Gasteiger partial charge in [-0.05, 0) is 72.1 Å². The van der Waals surface area contributed by atoms with Crippen LogP contribution >= 0.6 is 0 Å². The summed E-state index contributed by atoms with van der Waals surface area (Å²) >= 11 is 0. The van der Waals surface area contributed by atoms with Gasteiger partial charge in [0.2, 0.25) is 0 Å². The van der Waals surface area contributed by atoms with Crippen LogP contribution < -0.4 is 4.74 Å². The van der Waals surface area contributed by atoms with E-state index in [-0.39, 0.29) is 0 Å². The lowest BCUT2D eigenvalue weighted by Crippen LogP contribution is -2.22. The summed E-state index contributed by atoms with van der Waals surface area (Å²) in [6.07, 6.45) is 3.00. The first-order valence-corrected chi connectivity index (χ1v) is 11.3. The van der Waals surface area contributed by atoms with Gasteiger partial charge in [0, 0.05) is 12.1 Å². The molecule has 34 heavy (non-hydrogen) atoms. The van der Waals surface area contributed by atoms with Crippen molar-refractivity contribution in [2.45, 2.75) is 45.6 Å². The first-order chi connectivity index (χ1) is 16.2. The maximum Gasteiger partial charge on any atom is 0.426 e. The Labute approximate surface area is 195 Å². The van der Waals surface area contributed by atoms with Crippen molar-refractivity contribution >= 4 is 5.57 Å². The molecule has 178 valence electrons. The van der Waals surface area contributed by atoms with Crippen molar-refractivity contribution in [3.8, 4) is 16.9 Å². The van der Waals surface area contributed by atoms with Crippen LogP contribution in [-0.2, 0) is 6.11 Å². The maximum atomic E-state index is 14.6. The highest BCUT2D eigenvalue weighted by Gasteiger charge is 2.35. The first-order valence-electron chi connectivity index (χ1n) is 11.3. The van der Waals surface area contributed by atoms with E-state index in [1.807, 2.05) is 13.0 Å². The monoisotopic (exact) mass is 472 g/mol. The van der Waals surface area contributed by atoms with Crippen molar-refractivity contribution in [3.05, 3.63) is 94.8 Å². The van der Waals surface area contributed by atoms with Crippen molar-refractivity contribution in [3.63, 3.8) is 0 Å². The molecule has 4 rings (SSSR count). The summed E-state index contributed by atoms with van der Waals surface area (Å²) < 4.78 is 73.4. The Hall–Kier alpha value is -3.15. The van der Waals surface area contributed by atoms with E-state index in [1.54, 1.807) is 12.1 Å². The molecule has 0 heterocycles. The van der Waals surface area contributed by atoms with Gasteiger partial charge < -0.3 is 4.74 Å². The van der Waals surface area contributed by atoms with Gasteiger partial charge in [-0.1, -0.05) is 49.8 Å². The lowest BCUT2D eigenvalue weighted by atomic mass is 9.84. The molecule has 1 aliphatic rings. The van der Waals surface area contributed by atoms with Crippen LogP contribution in [0.25, 0.3) is 16.7 Å². The highest BCUT2D eigenvalue weighted by molar-refractivity contribution is 5.73. The quantitative estimate of drug-likeness (QED) is 0.257. The lowest BCUT2D eigenvalue weighted by molar-refractivity contribution is -0.185. The minimum absolute atomic E-state index is 0.385. The van der Waals surface area contributed by atoms with E-state index in [2.05, 4.69) is 29.9 Å². The third-order valence-electron chi connectivity index (χ3n) is 6.43. The molecule has 1 atom stereocenters. The van der Waals surface area contributed by atoms with Crippen LogP contribution in [0.1, 0.15) is 49.3 Å². The van der Waals surface area contributed by atoms with Crippen LogP contribution in [0.3, 0.4) is 0 Å². The zero-order valence-electron chi connectivity index (χ0n) is 19.0. The molecule has 0 radical (unpaired) electrons. The van der Waals surface area contributed by atoms with Crippen molar-refractivity contribution in [1.82, 2.24) is 0 Å². The summed E-state index contributed by atoms with van der Waals surface area (Å²) in [7, 11) is 0. The number of hydrogen-bond acceptors (Lipinski definition) is 1. The number of aryl methyl sites for hydroxylation is 1. The van der Waals surface area contributed by atoms with E-state index >= 15 is 0 Å². The molecule has 6 heteroatoms. The van der Waals surface area contributed by atoms with E-state index in [0.29, 0.717) is 12.1 Å². The summed E-state index contributed by atoms with van der Waals surface area (Å²) in [6.45, 7) is 4.21. The molecule has 0 saturated carbocycles. The van der Waals surface area contributed by atoms with Gasteiger partial charge in [-0.15, -0.1) is 0 Å². The summed E-state index contributed by atoms with van der Waals surface area (Å²) in [6, 6.07) is 12.4. The second-order valence-electron chi connectivity index (χ2n) is 8.70. The fourth-order valence-electron chi connectivity index (χ4n) is 4.35. The first kappa shape index (κ1) is 24.0. The molecule has 0 aromatic heterocycles. The predicted molar refractivity (Wildman–Crippen MR) is 123 cm³/mol. The summed E-state index contributed by atoms with van der Waals surface area (Å²) in [4.78, 5) is 0. The SMILES string of the molecule is CCC1CC=C(c2ccc(-c3ccc(C(F)(F)Oc4cc(F)c(F)c(F)c4)cc3)c(C)c2)CC1. The number of allylic oxidation sites excluding steroid dienone is 2. The predicted octanol–water partition coefficient (Wildman–Crippen LogP) is 8.80. The molecule has 0 aliphatic heterocycles. The average molecular weight is 472 g/mol. The van der Waals surface area contributed by atoms with E-state index < -0.39 is 34.9 Å². The Bertz CT molecular complexity index is 1190. The van der Waals surface area contributed by atoms with Crippen molar-refractivity contribution in [2.24, 2.45) is 5.92 Å². The van der Waals surface area contributed by atoms with Gasteiger partial charge in [0.25, 0.3) is 0 Å². The largest absolute Gasteiger partial charge is 0.429 e. The van der Waals surface area contributed by atoms with Gasteiger partial charge in [-0.25, -0.2) is 13.2 Å². The van der Waals surface area contributed by atoms with Gasteiger partial charge in [0.1, 0.15) is 5.75 Å². The Kier molecular flexibility index (Phi) is 6.78. The summed E-state index contributed by atoms with van der Waals surface area (Å²) in [5, 5.41) is 0. The number of rotatable bonds is 6. The van der Waals surface area contributed by atoms with E-state index in [1.165, 1.54) is 36.1 Å². The van der Waals surface area contributed by atoms with Crippen LogP contribution in [0.15, 0.2) is 60.7 Å². The van der Waals surface area contributed by atoms with E-state index in [0.717, 1.165) is 35.4 Å². The Morgan fingerprint density at radius 2 is 1.56 bits per heavy atom. The van der Waals surface area contributed by atoms with Gasteiger partial charge in [0.15, 0.2) is 17.5 Å². The van der Waals surface area contributed by atoms with Crippen molar-refractivity contribution in [2.75, 3.05) is 0 Å². The third kappa shape index (κ3) is 5.01. The second-order valence-corrected chi connectivity index (χ2v) is 8.70. The summed E-state index contributed by atoms with van der Waals surface area (Å²) in [5.41, 5.74) is 4.75. The number of hydrogen-bond donors (Lipinski definition) is 0. The van der Waals surface area contributed by atoms with Crippen molar-refractivity contribution in [1.29, 1.82) is 0 Å². The number of benzene rings is 3. The van der Waals surface area contributed by atoms with Crippen molar-refractivity contribution < 1.29 is 26.7 Å². The van der Waals surface area contributed by atoms with Crippen LogP contribution in [-0.4, -0.2) is 0 Å². The molecule has 0 spiro atoms. The van der Waals surface area contributed by atoms with Gasteiger partial charge in [-0.2, -0.15) is 8.78 Å². The smallest absolute Gasteiger partial charge is 0.426 e. The molecule has 1 nitrogen and oxygen atoms in total. The van der Waals surface area contributed by atoms with Crippen LogP contribution in [0, 0.1) is 30.3 Å². The zero-order chi connectivity index (χ0) is 24.5. The fraction of sp³-hybridized carbons (Fsp3) is 0.286. The van der Waals surface area contributed by atoms with Gasteiger partial charge in [-0.3, -0.25) is 0 Å². The van der Waals surface area contributed by atoms with E-state index in [9.17, 15) is 22.0 Å². The molecule has 0 fully saturated rings. The molecular weight excluding hydrogens is 447 g/mol. The number of ether oxygens (including phenoxy) is 1. The Morgan fingerprint density at radius 1 is 0.912 bits per heavy atom. The van der Waals surface area contributed by atoms with Crippen LogP contribution in [0.4, 0.5) is 22.0 Å². The number of halogens is 5. The van der Waals surface area contributed by atoms with E-state index in [4.69, 9.17) is 0 Å². The van der Waals surface area contributed by atoms with Crippen LogP contribution in [0.2, 0.25) is 0 Å². The maximum absolute atomic E-state index is 14.6. The molecule has 1 unspecified atom stereocenters. The second kappa shape index (κ2) is 9.61.